The number of benzene rings is 1. The number of ether oxygens (including phenoxy) is 2. The second-order valence-corrected chi connectivity index (χ2v) is 7.22. The Morgan fingerprint density at radius 2 is 1.88 bits per heavy atom. The fourth-order valence-electron chi connectivity index (χ4n) is 3.55. The minimum absolute atomic E-state index is 0.609. The molecule has 144 valence electrons. The number of rotatable bonds is 6. The lowest BCUT2D eigenvalue weighted by atomic mass is 10.1. The summed E-state index contributed by atoms with van der Waals surface area (Å²) in [5.74, 6) is 1.55. The van der Waals surface area contributed by atoms with E-state index >= 15 is 0 Å². The number of guanidine groups is 1. The van der Waals surface area contributed by atoms with Gasteiger partial charge in [-0.05, 0) is 17.5 Å². The zero-order valence-corrected chi connectivity index (χ0v) is 16.1. The highest BCUT2D eigenvalue weighted by Crippen LogP contribution is 2.13. The lowest BCUT2D eigenvalue weighted by Gasteiger charge is -2.26. The van der Waals surface area contributed by atoms with Crippen molar-refractivity contribution < 1.29 is 9.47 Å². The SMILES string of the molecule is CN=C(NCc1ccc(CN2CCOCC2)cc1)N(C)CC1CCOC1. The molecule has 1 atom stereocenters. The first kappa shape index (κ1) is 19.1. The summed E-state index contributed by atoms with van der Waals surface area (Å²) in [6.07, 6.45) is 1.14. The second-order valence-electron chi connectivity index (χ2n) is 7.22. The minimum atomic E-state index is 0.609. The number of aliphatic imine (C=N–C) groups is 1. The summed E-state index contributed by atoms with van der Waals surface area (Å²) in [5.41, 5.74) is 2.63. The molecule has 0 amide bonds. The van der Waals surface area contributed by atoms with Crippen molar-refractivity contribution in [1.82, 2.24) is 15.1 Å². The molecule has 1 unspecified atom stereocenters. The molecule has 1 N–H and O–H groups in total. The van der Waals surface area contributed by atoms with Gasteiger partial charge in [0.2, 0.25) is 0 Å². The molecule has 0 aromatic heterocycles. The van der Waals surface area contributed by atoms with E-state index in [9.17, 15) is 0 Å². The standard InChI is InChI=1S/C20H32N4O2/c1-21-20(23(2)14-19-7-10-26-16-19)22-13-17-3-5-18(6-4-17)15-24-8-11-25-12-9-24/h3-6,19H,7-16H2,1-2H3,(H,21,22). The average Bonchev–Trinajstić information content (AvgIpc) is 3.17. The molecule has 6 heteroatoms. The van der Waals surface area contributed by atoms with E-state index < -0.39 is 0 Å². The Morgan fingerprint density at radius 1 is 1.15 bits per heavy atom. The van der Waals surface area contributed by atoms with E-state index in [1.807, 2.05) is 7.05 Å². The summed E-state index contributed by atoms with van der Waals surface area (Å²) in [7, 11) is 3.94. The van der Waals surface area contributed by atoms with Crippen LogP contribution in [0.2, 0.25) is 0 Å². The van der Waals surface area contributed by atoms with Crippen molar-refractivity contribution in [3.05, 3.63) is 35.4 Å². The molecular formula is C20H32N4O2. The molecule has 2 fully saturated rings. The normalized spacial score (nSPS) is 21.8. The quantitative estimate of drug-likeness (QED) is 0.616. The Morgan fingerprint density at radius 3 is 2.54 bits per heavy atom. The van der Waals surface area contributed by atoms with Crippen molar-refractivity contribution in [2.75, 3.05) is 60.2 Å². The van der Waals surface area contributed by atoms with Crippen LogP contribution in [0.1, 0.15) is 17.5 Å². The van der Waals surface area contributed by atoms with Crippen LogP contribution in [0.4, 0.5) is 0 Å². The highest BCUT2D eigenvalue weighted by Gasteiger charge is 2.19. The van der Waals surface area contributed by atoms with Gasteiger partial charge in [0.05, 0.1) is 19.8 Å². The lowest BCUT2D eigenvalue weighted by Crippen LogP contribution is -2.41. The Labute approximate surface area is 157 Å². The van der Waals surface area contributed by atoms with E-state index in [4.69, 9.17) is 9.47 Å². The van der Waals surface area contributed by atoms with E-state index in [1.54, 1.807) is 0 Å². The van der Waals surface area contributed by atoms with Crippen LogP contribution in [-0.4, -0.2) is 75.9 Å². The molecule has 3 rings (SSSR count). The molecule has 1 aromatic carbocycles. The van der Waals surface area contributed by atoms with Crippen molar-refractivity contribution in [3.63, 3.8) is 0 Å². The maximum atomic E-state index is 5.47. The molecule has 26 heavy (non-hydrogen) atoms. The molecule has 2 heterocycles. The Bertz CT molecular complexity index is 564. The van der Waals surface area contributed by atoms with E-state index in [0.717, 1.165) is 71.5 Å². The van der Waals surface area contributed by atoms with Gasteiger partial charge in [0, 0.05) is 59.3 Å². The van der Waals surface area contributed by atoms with Gasteiger partial charge in [0.1, 0.15) is 0 Å². The summed E-state index contributed by atoms with van der Waals surface area (Å²) in [5, 5.41) is 3.47. The van der Waals surface area contributed by atoms with Gasteiger partial charge in [-0.15, -0.1) is 0 Å². The third-order valence-electron chi connectivity index (χ3n) is 5.11. The van der Waals surface area contributed by atoms with Crippen LogP contribution >= 0.6 is 0 Å². The molecule has 2 aliphatic heterocycles. The maximum absolute atomic E-state index is 5.47. The van der Waals surface area contributed by atoms with Crippen LogP contribution < -0.4 is 5.32 Å². The molecule has 0 radical (unpaired) electrons. The molecule has 0 aliphatic carbocycles. The Hall–Kier alpha value is -1.63. The van der Waals surface area contributed by atoms with E-state index in [0.29, 0.717) is 5.92 Å². The maximum Gasteiger partial charge on any atom is 0.193 e. The summed E-state index contributed by atoms with van der Waals surface area (Å²) < 4.78 is 10.9. The summed E-state index contributed by atoms with van der Waals surface area (Å²) in [6, 6.07) is 8.88. The van der Waals surface area contributed by atoms with E-state index in [1.165, 1.54) is 11.1 Å². The van der Waals surface area contributed by atoms with Crippen LogP contribution in [0.3, 0.4) is 0 Å². The Kier molecular flexibility index (Phi) is 7.29. The van der Waals surface area contributed by atoms with Crippen molar-refractivity contribution >= 4 is 5.96 Å². The number of nitrogens with one attached hydrogen (secondary N) is 1. The fourth-order valence-corrected chi connectivity index (χ4v) is 3.55. The number of hydrogen-bond acceptors (Lipinski definition) is 4. The highest BCUT2D eigenvalue weighted by atomic mass is 16.5. The summed E-state index contributed by atoms with van der Waals surface area (Å²) in [4.78, 5) is 9.06. The predicted molar refractivity (Wildman–Crippen MR) is 104 cm³/mol. The number of nitrogens with zero attached hydrogens (tertiary/aromatic N) is 3. The van der Waals surface area contributed by atoms with E-state index in [2.05, 4.69) is 51.4 Å². The average molecular weight is 361 g/mol. The largest absolute Gasteiger partial charge is 0.381 e. The highest BCUT2D eigenvalue weighted by molar-refractivity contribution is 5.79. The van der Waals surface area contributed by atoms with Gasteiger partial charge >= 0.3 is 0 Å². The first-order chi connectivity index (χ1) is 12.7. The van der Waals surface area contributed by atoms with Crippen LogP contribution in [0.5, 0.6) is 0 Å². The molecule has 0 bridgehead atoms. The smallest absolute Gasteiger partial charge is 0.193 e. The van der Waals surface area contributed by atoms with Gasteiger partial charge in [0.25, 0.3) is 0 Å². The van der Waals surface area contributed by atoms with Gasteiger partial charge in [-0.2, -0.15) is 0 Å². The molecule has 2 aliphatic rings. The Balaban J connectivity index is 1.45. The zero-order valence-electron chi connectivity index (χ0n) is 16.1. The number of morpholine rings is 1. The predicted octanol–water partition coefficient (Wildman–Crippen LogP) is 1.56. The third kappa shape index (κ3) is 5.69. The van der Waals surface area contributed by atoms with Crippen LogP contribution in [0.25, 0.3) is 0 Å². The molecular weight excluding hydrogens is 328 g/mol. The van der Waals surface area contributed by atoms with Crippen LogP contribution in [0, 0.1) is 5.92 Å². The zero-order chi connectivity index (χ0) is 18.2. The van der Waals surface area contributed by atoms with Crippen molar-refractivity contribution in [2.45, 2.75) is 19.5 Å². The minimum Gasteiger partial charge on any atom is -0.381 e. The van der Waals surface area contributed by atoms with Gasteiger partial charge in [0.15, 0.2) is 5.96 Å². The topological polar surface area (TPSA) is 49.3 Å². The lowest BCUT2D eigenvalue weighted by molar-refractivity contribution is 0.0342. The van der Waals surface area contributed by atoms with Gasteiger partial charge < -0.3 is 19.7 Å². The fraction of sp³-hybridized carbons (Fsp3) is 0.650. The molecule has 1 aromatic rings. The molecule has 2 saturated heterocycles. The van der Waals surface area contributed by atoms with Crippen LogP contribution in [0.15, 0.2) is 29.3 Å². The monoisotopic (exact) mass is 360 g/mol. The molecule has 0 saturated carbocycles. The van der Waals surface area contributed by atoms with Gasteiger partial charge in [-0.25, -0.2) is 0 Å². The molecule has 0 spiro atoms. The number of hydrogen-bond donors (Lipinski definition) is 1. The van der Waals surface area contributed by atoms with Crippen molar-refractivity contribution in [3.8, 4) is 0 Å². The summed E-state index contributed by atoms with van der Waals surface area (Å²) in [6.45, 7) is 8.28. The van der Waals surface area contributed by atoms with Crippen molar-refractivity contribution in [1.29, 1.82) is 0 Å². The molecule has 6 nitrogen and oxygen atoms in total. The summed E-state index contributed by atoms with van der Waals surface area (Å²) >= 11 is 0. The van der Waals surface area contributed by atoms with E-state index in [-0.39, 0.29) is 0 Å². The van der Waals surface area contributed by atoms with Crippen LogP contribution in [-0.2, 0) is 22.6 Å². The van der Waals surface area contributed by atoms with Crippen molar-refractivity contribution in [2.24, 2.45) is 10.9 Å². The third-order valence-corrected chi connectivity index (χ3v) is 5.11. The van der Waals surface area contributed by atoms with Gasteiger partial charge in [-0.3, -0.25) is 9.89 Å². The first-order valence-corrected chi connectivity index (χ1v) is 9.62. The second kappa shape index (κ2) is 9.90. The first-order valence-electron chi connectivity index (χ1n) is 9.62. The van der Waals surface area contributed by atoms with Gasteiger partial charge in [-0.1, -0.05) is 24.3 Å².